The number of hydrogen-bond acceptors (Lipinski definition) is 2. The number of aromatic amines is 1. The number of H-pyrrole nitrogens is 1. The van der Waals surface area contributed by atoms with Crippen molar-refractivity contribution in [3.05, 3.63) is 78.2 Å². The second-order valence-corrected chi connectivity index (χ2v) is 7.63. The van der Waals surface area contributed by atoms with Crippen LogP contribution in [0.2, 0.25) is 0 Å². The number of rotatable bonds is 6. The zero-order chi connectivity index (χ0) is 19.2. The van der Waals surface area contributed by atoms with Gasteiger partial charge in [0, 0.05) is 5.92 Å². The average molecular weight is 374 g/mol. The van der Waals surface area contributed by atoms with Crippen LogP contribution in [0.3, 0.4) is 0 Å². The van der Waals surface area contributed by atoms with Crippen molar-refractivity contribution in [1.82, 2.24) is 15.3 Å². The minimum absolute atomic E-state index is 0.135. The van der Waals surface area contributed by atoms with E-state index in [1.807, 2.05) is 42.6 Å². The van der Waals surface area contributed by atoms with Crippen molar-refractivity contribution in [2.75, 3.05) is 0 Å². The van der Waals surface area contributed by atoms with Crippen LogP contribution in [0, 0.1) is 5.92 Å². The van der Waals surface area contributed by atoms with Crippen molar-refractivity contribution in [2.45, 2.75) is 44.6 Å². The normalized spacial score (nSPS) is 15.9. The van der Waals surface area contributed by atoms with Gasteiger partial charge in [0.1, 0.15) is 5.82 Å². The molecule has 28 heavy (non-hydrogen) atoms. The molecule has 0 saturated heterocycles. The lowest BCUT2D eigenvalue weighted by atomic mass is 9.88. The Kier molecular flexibility index (Phi) is 5.86. The van der Waals surface area contributed by atoms with E-state index in [9.17, 15) is 4.79 Å². The van der Waals surface area contributed by atoms with E-state index in [1.54, 1.807) is 0 Å². The van der Waals surface area contributed by atoms with E-state index in [-0.39, 0.29) is 17.9 Å². The molecule has 1 aliphatic rings. The monoisotopic (exact) mass is 373 g/mol. The maximum absolute atomic E-state index is 12.9. The predicted molar refractivity (Wildman–Crippen MR) is 112 cm³/mol. The lowest BCUT2D eigenvalue weighted by Crippen LogP contribution is -2.36. The Hall–Kier alpha value is -2.88. The molecule has 0 spiro atoms. The molecule has 1 atom stereocenters. The third kappa shape index (κ3) is 4.50. The van der Waals surface area contributed by atoms with E-state index in [4.69, 9.17) is 0 Å². The van der Waals surface area contributed by atoms with Crippen molar-refractivity contribution >= 4 is 5.91 Å². The van der Waals surface area contributed by atoms with E-state index in [2.05, 4.69) is 39.6 Å². The molecule has 1 heterocycles. The van der Waals surface area contributed by atoms with Gasteiger partial charge in [0.05, 0.1) is 17.9 Å². The summed E-state index contributed by atoms with van der Waals surface area (Å²) in [6.45, 7) is 0. The van der Waals surface area contributed by atoms with Crippen molar-refractivity contribution < 1.29 is 4.79 Å². The molecule has 1 fully saturated rings. The summed E-state index contributed by atoms with van der Waals surface area (Å²) in [5.74, 6) is 1.11. The Morgan fingerprint density at radius 1 is 1.00 bits per heavy atom. The van der Waals surface area contributed by atoms with Crippen LogP contribution in [0.15, 0.2) is 66.9 Å². The molecule has 3 aromatic rings. The van der Waals surface area contributed by atoms with Gasteiger partial charge in [-0.3, -0.25) is 4.79 Å². The van der Waals surface area contributed by atoms with Crippen LogP contribution < -0.4 is 5.32 Å². The molecule has 4 nitrogen and oxygen atoms in total. The van der Waals surface area contributed by atoms with Crippen LogP contribution in [0.4, 0.5) is 0 Å². The fourth-order valence-electron chi connectivity index (χ4n) is 4.00. The summed E-state index contributed by atoms with van der Waals surface area (Å²) >= 11 is 0. The van der Waals surface area contributed by atoms with E-state index in [1.165, 1.54) is 12.0 Å². The van der Waals surface area contributed by atoms with Crippen LogP contribution in [0.25, 0.3) is 11.3 Å². The second kappa shape index (κ2) is 8.87. The van der Waals surface area contributed by atoms with Gasteiger partial charge < -0.3 is 10.3 Å². The number of nitrogens with zero attached hydrogens (tertiary/aromatic N) is 1. The van der Waals surface area contributed by atoms with Gasteiger partial charge in [-0.25, -0.2) is 4.98 Å². The van der Waals surface area contributed by atoms with E-state index < -0.39 is 0 Å². The van der Waals surface area contributed by atoms with Gasteiger partial charge in [-0.2, -0.15) is 0 Å². The van der Waals surface area contributed by atoms with E-state index in [0.29, 0.717) is 0 Å². The van der Waals surface area contributed by atoms with Crippen LogP contribution in [-0.4, -0.2) is 15.9 Å². The van der Waals surface area contributed by atoms with Crippen molar-refractivity contribution in [1.29, 1.82) is 0 Å². The zero-order valence-electron chi connectivity index (χ0n) is 16.1. The highest BCUT2D eigenvalue weighted by Gasteiger charge is 2.25. The maximum atomic E-state index is 12.9. The van der Waals surface area contributed by atoms with Crippen LogP contribution >= 0.6 is 0 Å². The number of imidazole rings is 1. The van der Waals surface area contributed by atoms with Gasteiger partial charge in [0.25, 0.3) is 0 Å². The van der Waals surface area contributed by atoms with Gasteiger partial charge in [0.15, 0.2) is 0 Å². The number of nitrogens with one attached hydrogen (secondary N) is 2. The molecule has 144 valence electrons. The van der Waals surface area contributed by atoms with Crippen LogP contribution in [-0.2, 0) is 11.2 Å². The molecule has 0 radical (unpaired) electrons. The lowest BCUT2D eigenvalue weighted by Gasteiger charge is -2.24. The minimum atomic E-state index is -0.158. The Morgan fingerprint density at radius 2 is 1.68 bits per heavy atom. The molecule has 2 aromatic carbocycles. The Bertz CT molecular complexity index is 882. The SMILES string of the molecule is O=C(N[C@@H](Cc1ccccc1)c1ncc(-c2ccccc2)[nH]1)C1CCCCC1. The summed E-state index contributed by atoms with van der Waals surface area (Å²) in [6.07, 6.45) is 8.13. The van der Waals surface area contributed by atoms with Crippen molar-refractivity contribution in [3.63, 3.8) is 0 Å². The summed E-state index contributed by atoms with van der Waals surface area (Å²) in [5, 5.41) is 3.28. The number of carbonyl (C=O) groups excluding carboxylic acids is 1. The number of benzene rings is 2. The van der Waals surface area contributed by atoms with Crippen LogP contribution in [0.5, 0.6) is 0 Å². The Balaban J connectivity index is 1.55. The first kappa shape index (κ1) is 18.5. The summed E-state index contributed by atoms with van der Waals surface area (Å²) in [5.41, 5.74) is 3.26. The molecule has 0 aliphatic heterocycles. The maximum Gasteiger partial charge on any atom is 0.223 e. The first-order chi connectivity index (χ1) is 13.8. The summed E-state index contributed by atoms with van der Waals surface area (Å²) < 4.78 is 0. The molecule has 1 amide bonds. The second-order valence-electron chi connectivity index (χ2n) is 7.63. The minimum Gasteiger partial charge on any atom is -0.346 e. The summed E-state index contributed by atoms with van der Waals surface area (Å²) in [4.78, 5) is 20.9. The standard InChI is InChI=1S/C24H27N3O/c28-24(20-14-8-3-9-15-20)27-21(16-18-10-4-1-5-11-18)23-25-17-22(26-23)19-12-6-2-7-13-19/h1-2,4-7,10-13,17,20-21H,3,8-9,14-16H2,(H,25,26)(H,27,28)/t21-/m0/s1. The number of aromatic nitrogens is 2. The first-order valence-electron chi connectivity index (χ1n) is 10.2. The third-order valence-corrected chi connectivity index (χ3v) is 5.59. The van der Waals surface area contributed by atoms with E-state index >= 15 is 0 Å². The van der Waals surface area contributed by atoms with Gasteiger partial charge in [-0.15, -0.1) is 0 Å². The van der Waals surface area contributed by atoms with Gasteiger partial charge in [-0.05, 0) is 30.4 Å². The number of hydrogen-bond donors (Lipinski definition) is 2. The molecule has 4 heteroatoms. The summed E-state index contributed by atoms with van der Waals surface area (Å²) in [6, 6.07) is 20.3. The zero-order valence-corrected chi connectivity index (χ0v) is 16.1. The molecular formula is C24H27N3O. The van der Waals surface area contributed by atoms with Crippen LogP contribution in [0.1, 0.15) is 49.5 Å². The van der Waals surface area contributed by atoms with Gasteiger partial charge in [0.2, 0.25) is 5.91 Å². The molecular weight excluding hydrogens is 346 g/mol. The molecule has 0 unspecified atom stereocenters. The first-order valence-corrected chi connectivity index (χ1v) is 10.2. The average Bonchev–Trinajstić information content (AvgIpc) is 3.25. The lowest BCUT2D eigenvalue weighted by molar-refractivity contribution is -0.126. The van der Waals surface area contributed by atoms with Crippen molar-refractivity contribution in [3.8, 4) is 11.3 Å². The highest BCUT2D eigenvalue weighted by molar-refractivity contribution is 5.79. The quantitative estimate of drug-likeness (QED) is 0.635. The Morgan fingerprint density at radius 3 is 2.39 bits per heavy atom. The molecule has 1 aliphatic carbocycles. The van der Waals surface area contributed by atoms with Gasteiger partial charge in [-0.1, -0.05) is 79.9 Å². The fourth-order valence-corrected chi connectivity index (χ4v) is 4.00. The van der Waals surface area contributed by atoms with Gasteiger partial charge >= 0.3 is 0 Å². The summed E-state index contributed by atoms with van der Waals surface area (Å²) in [7, 11) is 0. The molecule has 1 saturated carbocycles. The van der Waals surface area contributed by atoms with Crippen molar-refractivity contribution in [2.24, 2.45) is 5.92 Å². The highest BCUT2D eigenvalue weighted by atomic mass is 16.1. The largest absolute Gasteiger partial charge is 0.346 e. The third-order valence-electron chi connectivity index (χ3n) is 5.59. The molecule has 2 N–H and O–H groups in total. The number of carbonyl (C=O) groups is 1. The highest BCUT2D eigenvalue weighted by Crippen LogP contribution is 2.26. The van der Waals surface area contributed by atoms with E-state index in [0.717, 1.165) is 49.2 Å². The predicted octanol–water partition coefficient (Wildman–Crippen LogP) is 5.06. The topological polar surface area (TPSA) is 57.8 Å². The smallest absolute Gasteiger partial charge is 0.223 e. The molecule has 1 aromatic heterocycles. The molecule has 0 bridgehead atoms. The Labute approximate surface area is 166 Å². The fraction of sp³-hybridized carbons (Fsp3) is 0.333. The number of amides is 1. The molecule has 4 rings (SSSR count).